The van der Waals surface area contributed by atoms with Crippen molar-refractivity contribution in [1.82, 2.24) is 0 Å². The van der Waals surface area contributed by atoms with Gasteiger partial charge in [-0.2, -0.15) is 0 Å². The molecule has 23 heavy (non-hydrogen) atoms. The zero-order valence-electron chi connectivity index (χ0n) is 14.9. The number of allylic oxidation sites excluding steroid dienone is 11. The first kappa shape index (κ1) is 19.0. The summed E-state index contributed by atoms with van der Waals surface area (Å²) in [5.74, 6) is -0.286. The first-order chi connectivity index (χ1) is 10.8. The van der Waals surface area contributed by atoms with Gasteiger partial charge in [0.1, 0.15) is 0 Å². The number of carboxylic acid groups (broad SMARTS) is 1. The largest absolute Gasteiger partial charge is 0.478 e. The summed E-state index contributed by atoms with van der Waals surface area (Å²) in [7, 11) is 0. The summed E-state index contributed by atoms with van der Waals surface area (Å²) in [5.41, 5.74) is 6.05. The molecule has 1 rings (SSSR count). The summed E-state index contributed by atoms with van der Waals surface area (Å²) < 4.78 is 0. The molecule has 0 aliphatic heterocycles. The van der Waals surface area contributed by atoms with Gasteiger partial charge in [0.05, 0.1) is 0 Å². The van der Waals surface area contributed by atoms with Crippen molar-refractivity contribution in [1.29, 1.82) is 0 Å². The molecule has 1 aliphatic rings. The fourth-order valence-electron chi connectivity index (χ4n) is 2.57. The third-order valence-electron chi connectivity index (χ3n) is 3.86. The van der Waals surface area contributed by atoms with E-state index in [9.17, 15) is 4.79 Å². The van der Waals surface area contributed by atoms with Crippen LogP contribution in [0.25, 0.3) is 0 Å². The maximum absolute atomic E-state index is 10.5. The van der Waals surface area contributed by atoms with Gasteiger partial charge in [-0.15, -0.1) is 0 Å². The van der Waals surface area contributed by atoms with E-state index in [1.54, 1.807) is 13.0 Å². The molecular weight excluding hydrogens is 284 g/mol. The van der Waals surface area contributed by atoms with E-state index < -0.39 is 5.97 Å². The van der Waals surface area contributed by atoms with Gasteiger partial charge in [-0.3, -0.25) is 0 Å². The Bertz CT molecular complexity index is 618. The van der Waals surface area contributed by atoms with Gasteiger partial charge in [0.2, 0.25) is 0 Å². The number of hydrogen-bond acceptors (Lipinski definition) is 1. The minimum absolute atomic E-state index is 0.630. The molecule has 2 heteroatoms. The van der Waals surface area contributed by atoms with E-state index in [-0.39, 0.29) is 0 Å². The van der Waals surface area contributed by atoms with E-state index in [0.717, 1.165) is 17.6 Å². The van der Waals surface area contributed by atoms with Crippen LogP contribution in [-0.2, 0) is 4.79 Å². The summed E-state index contributed by atoms with van der Waals surface area (Å²) in [6.07, 6.45) is 15.9. The van der Waals surface area contributed by atoms with Crippen molar-refractivity contribution in [2.24, 2.45) is 5.92 Å². The molecule has 124 valence electrons. The first-order valence-corrected chi connectivity index (χ1v) is 8.12. The third kappa shape index (κ3) is 7.14. The highest BCUT2D eigenvalue weighted by atomic mass is 16.4. The van der Waals surface area contributed by atoms with Crippen LogP contribution in [0, 0.1) is 5.92 Å². The second kappa shape index (κ2) is 9.14. The Morgan fingerprint density at radius 3 is 2.48 bits per heavy atom. The summed E-state index contributed by atoms with van der Waals surface area (Å²) in [4.78, 5) is 10.5. The van der Waals surface area contributed by atoms with Gasteiger partial charge in [-0.1, -0.05) is 54.5 Å². The van der Waals surface area contributed by atoms with Crippen LogP contribution in [0.4, 0.5) is 0 Å². The van der Waals surface area contributed by atoms with Gasteiger partial charge >= 0.3 is 5.97 Å². The van der Waals surface area contributed by atoms with Crippen LogP contribution in [0.15, 0.2) is 70.4 Å². The molecule has 0 aromatic carbocycles. The van der Waals surface area contributed by atoms with E-state index in [1.165, 1.54) is 29.2 Å². The van der Waals surface area contributed by atoms with Crippen molar-refractivity contribution >= 4 is 5.97 Å². The van der Waals surface area contributed by atoms with Gasteiger partial charge in [-0.25, -0.2) is 4.79 Å². The Morgan fingerprint density at radius 1 is 1.17 bits per heavy atom. The zero-order chi connectivity index (χ0) is 17.4. The Labute approximate surface area is 140 Å². The van der Waals surface area contributed by atoms with Crippen molar-refractivity contribution < 1.29 is 9.90 Å². The Morgan fingerprint density at radius 2 is 1.87 bits per heavy atom. The second-order valence-electron chi connectivity index (χ2n) is 6.45. The Balaban J connectivity index is 2.83. The number of carboxylic acids is 1. The molecule has 0 unspecified atom stereocenters. The monoisotopic (exact) mass is 312 g/mol. The van der Waals surface area contributed by atoms with Gasteiger partial charge < -0.3 is 5.11 Å². The molecule has 1 atom stereocenters. The summed E-state index contributed by atoms with van der Waals surface area (Å²) in [6, 6.07) is 0. The zero-order valence-corrected chi connectivity index (χ0v) is 14.9. The molecule has 0 amide bonds. The van der Waals surface area contributed by atoms with Gasteiger partial charge in [0.15, 0.2) is 0 Å². The molecule has 0 fully saturated rings. The van der Waals surface area contributed by atoms with Crippen LogP contribution in [0.1, 0.15) is 47.5 Å². The Hall–Kier alpha value is -2.09. The third-order valence-corrected chi connectivity index (χ3v) is 3.86. The highest BCUT2D eigenvalue weighted by Gasteiger charge is 2.13. The fourth-order valence-corrected chi connectivity index (χ4v) is 2.57. The second-order valence-corrected chi connectivity index (χ2v) is 6.45. The summed E-state index contributed by atoms with van der Waals surface area (Å²) >= 11 is 0. The predicted octanol–water partition coefficient (Wildman–Crippen LogP) is 5.77. The highest BCUT2D eigenvalue weighted by molar-refractivity contribution is 5.81. The predicted molar refractivity (Wildman–Crippen MR) is 98.3 cm³/mol. The molecule has 0 saturated carbocycles. The lowest BCUT2D eigenvalue weighted by Crippen LogP contribution is -2.04. The quantitative estimate of drug-likeness (QED) is 0.517. The SMILES string of the molecule is CC(C)=C1CC[C@H](C)C=C1/C=C/C(C)=C\C=C\C(C)=C\C(=O)O. The van der Waals surface area contributed by atoms with Crippen molar-refractivity contribution in [3.05, 3.63) is 70.4 Å². The standard InChI is InChI=1S/C21H28O2/c1-15(2)20-12-10-18(5)13-19(20)11-9-16(3)7-6-8-17(4)14-21(22)23/h6-9,11,13-14,18H,10,12H2,1-5H3,(H,22,23)/b8-6+,11-9+,16-7-,17-14+/t18-/m0/s1. The van der Waals surface area contributed by atoms with Crippen LogP contribution in [0.2, 0.25) is 0 Å². The molecule has 0 aromatic rings. The lowest BCUT2D eigenvalue weighted by molar-refractivity contribution is -0.131. The van der Waals surface area contributed by atoms with Gasteiger partial charge in [0.25, 0.3) is 0 Å². The van der Waals surface area contributed by atoms with Crippen LogP contribution in [0.3, 0.4) is 0 Å². The van der Waals surface area contributed by atoms with Crippen molar-refractivity contribution in [2.45, 2.75) is 47.5 Å². The maximum Gasteiger partial charge on any atom is 0.328 e. The summed E-state index contributed by atoms with van der Waals surface area (Å²) in [5, 5.41) is 8.66. The molecule has 0 saturated heterocycles. The molecule has 0 radical (unpaired) electrons. The molecule has 0 heterocycles. The molecule has 0 spiro atoms. The van der Waals surface area contributed by atoms with Crippen LogP contribution >= 0.6 is 0 Å². The highest BCUT2D eigenvalue weighted by Crippen LogP contribution is 2.30. The Kier molecular flexibility index (Phi) is 7.53. The van der Waals surface area contributed by atoms with Crippen LogP contribution < -0.4 is 0 Å². The molecule has 1 aliphatic carbocycles. The lowest BCUT2D eigenvalue weighted by atomic mass is 9.85. The van der Waals surface area contributed by atoms with Crippen LogP contribution in [-0.4, -0.2) is 11.1 Å². The van der Waals surface area contributed by atoms with E-state index in [4.69, 9.17) is 5.11 Å². The fraction of sp³-hybridized carbons (Fsp3) is 0.381. The average molecular weight is 312 g/mol. The normalized spacial score (nSPS) is 20.3. The van der Waals surface area contributed by atoms with Gasteiger partial charge in [0, 0.05) is 6.08 Å². The molecule has 2 nitrogen and oxygen atoms in total. The van der Waals surface area contributed by atoms with E-state index >= 15 is 0 Å². The topological polar surface area (TPSA) is 37.3 Å². The number of carbonyl (C=O) groups is 1. The van der Waals surface area contributed by atoms with Gasteiger partial charge in [-0.05, 0) is 63.2 Å². The van der Waals surface area contributed by atoms with Crippen LogP contribution in [0.5, 0.6) is 0 Å². The molecular formula is C21H28O2. The molecule has 0 aromatic heterocycles. The minimum Gasteiger partial charge on any atom is -0.478 e. The number of rotatable bonds is 5. The molecule has 0 bridgehead atoms. The molecule has 1 N–H and O–H groups in total. The van der Waals surface area contributed by atoms with Crippen molar-refractivity contribution in [2.75, 3.05) is 0 Å². The lowest BCUT2D eigenvalue weighted by Gasteiger charge is -2.20. The average Bonchev–Trinajstić information content (AvgIpc) is 2.44. The van der Waals surface area contributed by atoms with E-state index in [2.05, 4.69) is 39.0 Å². The minimum atomic E-state index is -0.916. The smallest absolute Gasteiger partial charge is 0.328 e. The first-order valence-electron chi connectivity index (χ1n) is 8.12. The summed E-state index contributed by atoms with van der Waals surface area (Å²) in [6.45, 7) is 10.4. The van der Waals surface area contributed by atoms with Crippen molar-refractivity contribution in [3.8, 4) is 0 Å². The number of aliphatic carboxylic acids is 1. The number of hydrogen-bond donors (Lipinski definition) is 1. The van der Waals surface area contributed by atoms with Crippen molar-refractivity contribution in [3.63, 3.8) is 0 Å². The van der Waals surface area contributed by atoms with E-state index in [0.29, 0.717) is 5.92 Å². The van der Waals surface area contributed by atoms with E-state index in [1.807, 2.05) is 19.1 Å². The maximum atomic E-state index is 10.5.